The molecule has 3 aliphatic rings. The highest BCUT2D eigenvalue weighted by molar-refractivity contribution is 9.10. The van der Waals surface area contributed by atoms with Crippen molar-refractivity contribution < 1.29 is 19.1 Å². The number of benzene rings is 2. The second-order valence-electron chi connectivity index (χ2n) is 11.5. The van der Waals surface area contributed by atoms with E-state index in [1.165, 1.54) is 16.7 Å². The molecule has 192 valence electrons. The van der Waals surface area contributed by atoms with Crippen molar-refractivity contribution in [3.05, 3.63) is 63.6 Å². The molecule has 6 heteroatoms. The zero-order chi connectivity index (χ0) is 25.7. The number of carbonyl (C=O) groups excluding carboxylic acids is 2. The molecule has 4 atom stereocenters. The topological polar surface area (TPSA) is 55.8 Å². The number of aryl methyl sites for hydroxylation is 1. The third-order valence-corrected chi connectivity index (χ3v) is 9.45. The molecule has 0 spiro atoms. The van der Waals surface area contributed by atoms with Crippen molar-refractivity contribution in [3.63, 3.8) is 0 Å². The lowest BCUT2D eigenvalue weighted by Gasteiger charge is -2.54. The minimum atomic E-state index is -0.546. The highest BCUT2D eigenvalue weighted by Gasteiger charge is 2.56. The van der Waals surface area contributed by atoms with Gasteiger partial charge < -0.3 is 9.47 Å². The number of ether oxygens (including phenoxy) is 2. The summed E-state index contributed by atoms with van der Waals surface area (Å²) in [5.74, 6) is 0.588. The Morgan fingerprint density at radius 1 is 1.17 bits per heavy atom. The maximum Gasteiger partial charge on any atom is 0.414 e. The van der Waals surface area contributed by atoms with Gasteiger partial charge in [-0.1, -0.05) is 61.3 Å². The Hall–Kier alpha value is -2.34. The monoisotopic (exact) mass is 553 g/mol. The number of hydrogen-bond acceptors (Lipinski definition) is 4. The Morgan fingerprint density at radius 3 is 2.64 bits per heavy atom. The largest absolute Gasteiger partial charge is 0.461 e. The maximum absolute atomic E-state index is 13.6. The van der Waals surface area contributed by atoms with Gasteiger partial charge in [-0.25, -0.2) is 4.79 Å². The van der Waals surface area contributed by atoms with E-state index in [4.69, 9.17) is 9.47 Å². The van der Waals surface area contributed by atoms with Gasteiger partial charge in [-0.05, 0) is 90.8 Å². The van der Waals surface area contributed by atoms with Crippen molar-refractivity contribution in [2.24, 2.45) is 11.3 Å². The molecule has 1 aliphatic heterocycles. The van der Waals surface area contributed by atoms with E-state index in [2.05, 4.69) is 61.8 Å². The van der Waals surface area contributed by atoms with Gasteiger partial charge in [0.05, 0.1) is 12.0 Å². The fourth-order valence-corrected chi connectivity index (χ4v) is 7.15. The van der Waals surface area contributed by atoms with Crippen LogP contribution in [0.1, 0.15) is 76.0 Å². The molecule has 2 aromatic carbocycles. The van der Waals surface area contributed by atoms with E-state index in [-0.39, 0.29) is 23.9 Å². The van der Waals surface area contributed by atoms with Crippen molar-refractivity contribution in [2.45, 2.75) is 77.2 Å². The number of fused-ring (bicyclic) bond motifs is 3. The smallest absolute Gasteiger partial charge is 0.414 e. The fraction of sp³-hybridized carbons (Fsp3) is 0.533. The van der Waals surface area contributed by atoms with Crippen LogP contribution in [-0.2, 0) is 26.1 Å². The van der Waals surface area contributed by atoms with E-state index in [9.17, 15) is 9.59 Å². The lowest BCUT2D eigenvalue weighted by Crippen LogP contribution is -2.53. The van der Waals surface area contributed by atoms with Crippen molar-refractivity contribution in [2.75, 3.05) is 18.1 Å². The first-order chi connectivity index (χ1) is 17.1. The van der Waals surface area contributed by atoms with Crippen LogP contribution in [0.15, 0.2) is 46.9 Å². The first kappa shape index (κ1) is 25.3. The molecule has 1 saturated carbocycles. The van der Waals surface area contributed by atoms with Crippen molar-refractivity contribution in [1.82, 2.24) is 0 Å². The Labute approximate surface area is 222 Å². The fourth-order valence-electron chi connectivity index (χ4n) is 6.89. The van der Waals surface area contributed by atoms with Crippen LogP contribution in [0, 0.1) is 11.3 Å². The summed E-state index contributed by atoms with van der Waals surface area (Å²) in [5.41, 5.74) is 4.44. The van der Waals surface area contributed by atoms with Gasteiger partial charge in [0.1, 0.15) is 6.61 Å². The minimum Gasteiger partial charge on any atom is -0.461 e. The molecule has 2 aliphatic carbocycles. The normalized spacial score (nSPS) is 29.5. The van der Waals surface area contributed by atoms with E-state index in [1.807, 2.05) is 24.3 Å². The zero-order valence-electron chi connectivity index (χ0n) is 21.7. The van der Waals surface area contributed by atoms with Gasteiger partial charge in [-0.3, -0.25) is 9.69 Å². The summed E-state index contributed by atoms with van der Waals surface area (Å²) in [5, 5.41) is 0. The summed E-state index contributed by atoms with van der Waals surface area (Å²) in [6.07, 6.45) is 4.05. The third kappa shape index (κ3) is 4.36. The quantitative estimate of drug-likeness (QED) is 0.369. The molecule has 1 heterocycles. The molecule has 0 aromatic heterocycles. The number of hydrogen-bond donors (Lipinski definition) is 0. The Balaban J connectivity index is 1.28. The van der Waals surface area contributed by atoms with Gasteiger partial charge in [0, 0.05) is 10.2 Å². The van der Waals surface area contributed by atoms with E-state index in [0.29, 0.717) is 12.5 Å². The van der Waals surface area contributed by atoms with Gasteiger partial charge in [-0.15, -0.1) is 0 Å². The molecule has 2 fully saturated rings. The Morgan fingerprint density at radius 2 is 1.92 bits per heavy atom. The van der Waals surface area contributed by atoms with Crippen LogP contribution < -0.4 is 4.90 Å². The first-order valence-corrected chi connectivity index (χ1v) is 14.0. The zero-order valence-corrected chi connectivity index (χ0v) is 23.3. The Bertz CT molecular complexity index is 1160. The van der Waals surface area contributed by atoms with Crippen LogP contribution in [0.3, 0.4) is 0 Å². The average molecular weight is 555 g/mol. The number of anilines is 1. The van der Waals surface area contributed by atoms with Gasteiger partial charge in [0.15, 0.2) is 6.10 Å². The predicted molar refractivity (Wildman–Crippen MR) is 144 cm³/mol. The second-order valence-corrected chi connectivity index (χ2v) is 12.5. The molecule has 1 saturated heterocycles. The summed E-state index contributed by atoms with van der Waals surface area (Å²) in [6.45, 7) is 9.39. The second kappa shape index (κ2) is 9.51. The van der Waals surface area contributed by atoms with E-state index in [0.717, 1.165) is 42.3 Å². The summed E-state index contributed by atoms with van der Waals surface area (Å²) >= 11 is 3.42. The predicted octanol–water partition coefficient (Wildman–Crippen LogP) is 7.15. The van der Waals surface area contributed by atoms with Crippen LogP contribution >= 0.6 is 15.9 Å². The molecular weight excluding hydrogens is 518 g/mol. The van der Waals surface area contributed by atoms with Gasteiger partial charge in [0.25, 0.3) is 0 Å². The lowest BCUT2D eigenvalue weighted by atomic mass is 9.49. The van der Waals surface area contributed by atoms with Crippen LogP contribution in [0.2, 0.25) is 0 Å². The Kier molecular flexibility index (Phi) is 6.69. The number of rotatable bonds is 5. The summed E-state index contributed by atoms with van der Waals surface area (Å²) in [7, 11) is 0. The number of amides is 1. The number of cyclic esters (lactones) is 1. The van der Waals surface area contributed by atoms with E-state index >= 15 is 0 Å². The SMILES string of the molecule is CC(C)c1ccc2c(c1)CCC1[C@](C)(C(=O)OCC3CN(c4ccc(Br)cc4)C(=O)O3)CCC[C@]21C. The molecule has 1 amide bonds. The summed E-state index contributed by atoms with van der Waals surface area (Å²) in [6, 6.07) is 14.5. The number of nitrogens with zero attached hydrogens (tertiary/aromatic N) is 1. The van der Waals surface area contributed by atoms with Crippen LogP contribution in [0.25, 0.3) is 0 Å². The highest BCUT2D eigenvalue weighted by Crippen LogP contribution is 2.57. The number of halogens is 1. The molecule has 0 radical (unpaired) electrons. The molecule has 0 bridgehead atoms. The van der Waals surface area contributed by atoms with Crippen LogP contribution in [-0.4, -0.2) is 31.3 Å². The molecule has 36 heavy (non-hydrogen) atoms. The maximum atomic E-state index is 13.6. The number of carbonyl (C=O) groups is 2. The highest BCUT2D eigenvalue weighted by atomic mass is 79.9. The van der Waals surface area contributed by atoms with Crippen molar-refractivity contribution in [3.8, 4) is 0 Å². The summed E-state index contributed by atoms with van der Waals surface area (Å²) in [4.78, 5) is 27.7. The standard InChI is InChI=1S/C30H36BrNO4/c1-19(2)20-6-12-25-21(16-20)7-13-26-29(25,3)14-5-15-30(26,4)27(33)35-18-24-17-32(28(34)36-24)23-10-8-22(31)9-11-23/h6,8-12,16,19,24,26H,5,7,13-15,17-18H2,1-4H3/t24?,26?,29-,30-/m1/s1. The van der Waals surface area contributed by atoms with Crippen LogP contribution in [0.5, 0.6) is 0 Å². The molecule has 5 nitrogen and oxygen atoms in total. The molecule has 2 aromatic rings. The molecule has 2 unspecified atom stereocenters. The van der Waals surface area contributed by atoms with Gasteiger partial charge >= 0.3 is 12.1 Å². The average Bonchev–Trinajstić information content (AvgIpc) is 3.22. The van der Waals surface area contributed by atoms with Crippen molar-refractivity contribution >= 4 is 33.7 Å². The van der Waals surface area contributed by atoms with Crippen LogP contribution in [0.4, 0.5) is 10.5 Å². The molecule has 5 rings (SSSR count). The lowest BCUT2D eigenvalue weighted by molar-refractivity contribution is -0.166. The molecular formula is C30H36BrNO4. The minimum absolute atomic E-state index is 0.0344. The third-order valence-electron chi connectivity index (χ3n) is 8.92. The first-order valence-electron chi connectivity index (χ1n) is 13.2. The van der Waals surface area contributed by atoms with Gasteiger partial charge in [-0.2, -0.15) is 0 Å². The van der Waals surface area contributed by atoms with Gasteiger partial charge in [0.2, 0.25) is 0 Å². The van der Waals surface area contributed by atoms with Crippen molar-refractivity contribution in [1.29, 1.82) is 0 Å². The van der Waals surface area contributed by atoms with E-state index in [1.54, 1.807) is 4.90 Å². The van der Waals surface area contributed by atoms with E-state index < -0.39 is 17.6 Å². The summed E-state index contributed by atoms with van der Waals surface area (Å²) < 4.78 is 12.4. The number of esters is 1. The molecule has 0 N–H and O–H groups in total.